The second kappa shape index (κ2) is 8.58. The van der Waals surface area contributed by atoms with Gasteiger partial charge >= 0.3 is 5.69 Å². The lowest BCUT2D eigenvalue weighted by Crippen LogP contribution is -2.44. The number of nitrogens with one attached hydrogen (secondary N) is 1. The fraction of sp³-hybridized carbons (Fsp3) is 0.381. The molecule has 3 rings (SSSR count). The molecule has 3 aromatic heterocycles. The SMILES string of the molecule is CC(C)CN(C(=O)c1cnc2ccccn2c1=O)c1c(N)n(CC(C)C)c(=O)[nH]c1=O. The van der Waals surface area contributed by atoms with Crippen molar-refractivity contribution in [1.82, 2.24) is 18.9 Å². The van der Waals surface area contributed by atoms with Gasteiger partial charge in [0.2, 0.25) is 0 Å². The van der Waals surface area contributed by atoms with E-state index in [0.29, 0.717) is 5.65 Å². The van der Waals surface area contributed by atoms with E-state index in [1.165, 1.54) is 21.4 Å². The van der Waals surface area contributed by atoms with E-state index < -0.39 is 22.7 Å². The van der Waals surface area contributed by atoms with Gasteiger partial charge in [0.05, 0.1) is 0 Å². The number of rotatable bonds is 6. The van der Waals surface area contributed by atoms with E-state index in [0.717, 1.165) is 4.90 Å². The Morgan fingerprint density at radius 1 is 1.16 bits per heavy atom. The lowest BCUT2D eigenvalue weighted by molar-refractivity contribution is 0.0981. The molecule has 0 unspecified atom stereocenters. The first kappa shape index (κ1) is 22.0. The van der Waals surface area contributed by atoms with Crippen molar-refractivity contribution in [2.24, 2.45) is 11.8 Å². The molecule has 3 heterocycles. The number of carbonyl (C=O) groups is 1. The monoisotopic (exact) mass is 426 g/mol. The lowest BCUT2D eigenvalue weighted by atomic mass is 10.1. The molecule has 0 aliphatic rings. The number of aromatic nitrogens is 4. The maximum absolute atomic E-state index is 13.4. The Hall–Kier alpha value is -3.69. The van der Waals surface area contributed by atoms with Crippen molar-refractivity contribution < 1.29 is 4.79 Å². The summed E-state index contributed by atoms with van der Waals surface area (Å²) in [6.45, 7) is 7.90. The van der Waals surface area contributed by atoms with Crippen molar-refractivity contribution in [3.05, 3.63) is 67.3 Å². The third-order valence-corrected chi connectivity index (χ3v) is 4.67. The molecule has 0 aromatic carbocycles. The zero-order chi connectivity index (χ0) is 22.9. The van der Waals surface area contributed by atoms with Crippen LogP contribution in [0.5, 0.6) is 0 Å². The fourth-order valence-corrected chi connectivity index (χ4v) is 3.34. The van der Waals surface area contributed by atoms with Gasteiger partial charge in [-0.1, -0.05) is 33.8 Å². The highest BCUT2D eigenvalue weighted by Gasteiger charge is 2.28. The van der Waals surface area contributed by atoms with Crippen LogP contribution in [0.25, 0.3) is 5.65 Å². The first-order chi connectivity index (χ1) is 14.6. The molecule has 0 spiro atoms. The van der Waals surface area contributed by atoms with Crippen molar-refractivity contribution in [2.45, 2.75) is 34.2 Å². The van der Waals surface area contributed by atoms with Crippen LogP contribution in [0, 0.1) is 11.8 Å². The maximum atomic E-state index is 13.4. The zero-order valence-corrected chi connectivity index (χ0v) is 18.0. The van der Waals surface area contributed by atoms with Gasteiger partial charge in [-0.05, 0) is 24.0 Å². The van der Waals surface area contributed by atoms with Crippen molar-refractivity contribution in [3.63, 3.8) is 0 Å². The largest absolute Gasteiger partial charge is 0.383 e. The number of fused-ring (bicyclic) bond motifs is 1. The highest BCUT2D eigenvalue weighted by Crippen LogP contribution is 2.21. The van der Waals surface area contributed by atoms with Crippen molar-refractivity contribution in [2.75, 3.05) is 17.2 Å². The van der Waals surface area contributed by atoms with E-state index in [2.05, 4.69) is 9.97 Å². The quantitative estimate of drug-likeness (QED) is 0.606. The molecule has 0 radical (unpaired) electrons. The average molecular weight is 426 g/mol. The number of H-pyrrole nitrogens is 1. The molecule has 0 aliphatic heterocycles. The minimum atomic E-state index is -0.787. The standard InChI is InChI=1S/C21H26N6O4/c1-12(2)10-26(16-17(22)27(11-13(3)4)21(31)24-18(16)28)20(30)14-9-23-15-7-5-6-8-25(15)19(14)29/h5-9,12-13H,10-11,22H2,1-4H3,(H,24,28,31). The Balaban J connectivity index is 2.22. The van der Waals surface area contributed by atoms with E-state index in [1.807, 2.05) is 27.7 Å². The fourth-order valence-electron chi connectivity index (χ4n) is 3.34. The minimum absolute atomic E-state index is 0.0515. The number of nitrogen functional groups attached to an aromatic ring is 1. The summed E-state index contributed by atoms with van der Waals surface area (Å²) in [5.41, 5.74) is 4.24. The van der Waals surface area contributed by atoms with Crippen LogP contribution in [-0.4, -0.2) is 31.4 Å². The van der Waals surface area contributed by atoms with Gasteiger partial charge in [0, 0.05) is 25.5 Å². The summed E-state index contributed by atoms with van der Waals surface area (Å²) in [5.74, 6) is -0.812. The summed E-state index contributed by atoms with van der Waals surface area (Å²) in [6, 6.07) is 5.03. The Morgan fingerprint density at radius 3 is 2.52 bits per heavy atom. The highest BCUT2D eigenvalue weighted by molar-refractivity contribution is 6.07. The highest BCUT2D eigenvalue weighted by atomic mass is 16.2. The molecule has 164 valence electrons. The summed E-state index contributed by atoms with van der Waals surface area (Å²) in [7, 11) is 0. The molecule has 3 aromatic rings. The van der Waals surface area contributed by atoms with Crippen LogP contribution in [0.1, 0.15) is 38.1 Å². The first-order valence-electron chi connectivity index (χ1n) is 10.0. The number of nitrogens with two attached hydrogens (primary N) is 1. The predicted molar refractivity (Wildman–Crippen MR) is 119 cm³/mol. The van der Waals surface area contributed by atoms with Gasteiger partial charge in [-0.25, -0.2) is 9.78 Å². The lowest BCUT2D eigenvalue weighted by Gasteiger charge is -2.26. The number of pyridine rings is 1. The number of hydrogen-bond acceptors (Lipinski definition) is 6. The van der Waals surface area contributed by atoms with E-state index in [-0.39, 0.29) is 42.0 Å². The van der Waals surface area contributed by atoms with Crippen molar-refractivity contribution in [1.29, 1.82) is 0 Å². The smallest absolute Gasteiger partial charge is 0.330 e. The minimum Gasteiger partial charge on any atom is -0.383 e. The average Bonchev–Trinajstić information content (AvgIpc) is 2.70. The molecule has 0 saturated heterocycles. The molecule has 10 nitrogen and oxygen atoms in total. The second-order valence-corrected chi connectivity index (χ2v) is 8.21. The Kier molecular flexibility index (Phi) is 6.09. The molecule has 0 saturated carbocycles. The van der Waals surface area contributed by atoms with Gasteiger partial charge in [-0.3, -0.25) is 33.2 Å². The predicted octanol–water partition coefficient (Wildman–Crippen LogP) is 1.09. The summed E-state index contributed by atoms with van der Waals surface area (Å²) in [6.07, 6.45) is 2.71. The molecule has 0 fully saturated rings. The van der Waals surface area contributed by atoms with Crippen LogP contribution < -0.4 is 27.4 Å². The number of hydrogen-bond donors (Lipinski definition) is 2. The molecule has 0 atom stereocenters. The van der Waals surface area contributed by atoms with Gasteiger partial charge in [0.1, 0.15) is 17.0 Å². The molecular formula is C21H26N6O4. The second-order valence-electron chi connectivity index (χ2n) is 8.21. The third-order valence-electron chi connectivity index (χ3n) is 4.67. The molecule has 3 N–H and O–H groups in total. The molecule has 0 aliphatic carbocycles. The maximum Gasteiger partial charge on any atom is 0.330 e. The number of aromatic amines is 1. The summed E-state index contributed by atoms with van der Waals surface area (Å²) >= 11 is 0. The van der Waals surface area contributed by atoms with Crippen molar-refractivity contribution in [3.8, 4) is 0 Å². The van der Waals surface area contributed by atoms with Crippen LogP contribution in [-0.2, 0) is 6.54 Å². The first-order valence-corrected chi connectivity index (χ1v) is 10.0. The number of amides is 1. The Labute approximate surface area is 178 Å². The molecule has 1 amide bonds. The number of anilines is 2. The van der Waals surface area contributed by atoms with Crippen molar-refractivity contribution >= 4 is 23.1 Å². The van der Waals surface area contributed by atoms with Gasteiger partial charge < -0.3 is 5.73 Å². The topological polar surface area (TPSA) is 136 Å². The molecule has 10 heteroatoms. The Morgan fingerprint density at radius 2 is 1.87 bits per heavy atom. The van der Waals surface area contributed by atoms with Gasteiger partial charge in [-0.15, -0.1) is 0 Å². The molecule has 31 heavy (non-hydrogen) atoms. The van der Waals surface area contributed by atoms with Gasteiger partial charge in [0.25, 0.3) is 17.0 Å². The summed E-state index contributed by atoms with van der Waals surface area (Å²) in [4.78, 5) is 59.0. The van der Waals surface area contributed by atoms with Crippen LogP contribution in [0.15, 0.2) is 45.0 Å². The van der Waals surface area contributed by atoms with Crippen LogP contribution >= 0.6 is 0 Å². The normalized spacial score (nSPS) is 11.4. The summed E-state index contributed by atoms with van der Waals surface area (Å²) < 4.78 is 2.49. The van der Waals surface area contributed by atoms with Gasteiger partial charge in [0.15, 0.2) is 5.69 Å². The van der Waals surface area contributed by atoms with E-state index in [4.69, 9.17) is 5.73 Å². The van der Waals surface area contributed by atoms with Crippen LogP contribution in [0.4, 0.5) is 11.5 Å². The summed E-state index contributed by atoms with van der Waals surface area (Å²) in [5, 5.41) is 0. The van der Waals surface area contributed by atoms with Crippen LogP contribution in [0.2, 0.25) is 0 Å². The molecule has 0 bridgehead atoms. The van der Waals surface area contributed by atoms with Gasteiger partial charge in [-0.2, -0.15) is 0 Å². The van der Waals surface area contributed by atoms with E-state index >= 15 is 0 Å². The number of nitrogens with zero attached hydrogens (tertiary/aromatic N) is 4. The van der Waals surface area contributed by atoms with Crippen LogP contribution in [0.3, 0.4) is 0 Å². The number of carbonyl (C=O) groups excluding carboxylic acids is 1. The third kappa shape index (κ3) is 4.27. The Bertz CT molecular complexity index is 1300. The zero-order valence-electron chi connectivity index (χ0n) is 18.0. The van der Waals surface area contributed by atoms with E-state index in [9.17, 15) is 19.2 Å². The van der Waals surface area contributed by atoms with E-state index in [1.54, 1.807) is 18.2 Å². The molecular weight excluding hydrogens is 400 g/mol.